The highest BCUT2D eigenvalue weighted by molar-refractivity contribution is 7.14. The minimum atomic E-state index is -0.344. The van der Waals surface area contributed by atoms with Crippen LogP contribution in [0.25, 0.3) is 5.53 Å². The Balaban J connectivity index is 3.09. The summed E-state index contributed by atoms with van der Waals surface area (Å²) in [4.78, 5) is 14.1. The number of ketones is 1. The van der Waals surface area contributed by atoms with Gasteiger partial charge in [-0.1, -0.05) is 11.6 Å². The molecule has 1 heterocycles. The lowest BCUT2D eigenvalue weighted by atomic mass is 10.1. The summed E-state index contributed by atoms with van der Waals surface area (Å²) < 4.78 is 0.419. The Morgan fingerprint density at radius 2 is 2.42 bits per heavy atom. The second-order valence-corrected chi connectivity index (χ2v) is 3.64. The fourth-order valence-corrected chi connectivity index (χ4v) is 1.61. The molecule has 3 nitrogen and oxygen atoms in total. The Bertz CT molecular complexity index is 365. The number of Topliss-reactive ketones (excluding diaryl/α,β-unsaturated/α-hetero) is 1. The predicted molar refractivity (Wildman–Crippen MR) is 48.0 cm³/mol. The molecule has 0 unspecified atom stereocenters. The van der Waals surface area contributed by atoms with E-state index in [-0.39, 0.29) is 11.5 Å². The monoisotopic (exact) mass is 200 g/mol. The standard InChI is InChI=1S/C7H5ClN2OS/c1-4(10-9)6(11)5-2-3-12-7(5)8/h2-3H,1H3. The molecule has 0 amide bonds. The van der Waals surface area contributed by atoms with E-state index in [0.717, 1.165) is 0 Å². The van der Waals surface area contributed by atoms with Gasteiger partial charge in [-0.15, -0.1) is 11.3 Å². The van der Waals surface area contributed by atoms with E-state index in [1.807, 2.05) is 0 Å². The molecule has 0 aliphatic carbocycles. The Hall–Kier alpha value is -0.960. The maximum absolute atomic E-state index is 11.3. The van der Waals surface area contributed by atoms with Crippen molar-refractivity contribution >= 4 is 34.4 Å². The van der Waals surface area contributed by atoms with Crippen molar-refractivity contribution in [1.82, 2.24) is 0 Å². The molecule has 0 aliphatic rings. The molecule has 5 heteroatoms. The van der Waals surface area contributed by atoms with Gasteiger partial charge in [0.15, 0.2) is 0 Å². The summed E-state index contributed by atoms with van der Waals surface area (Å²) in [6.45, 7) is 1.43. The van der Waals surface area contributed by atoms with Crippen LogP contribution in [0.4, 0.5) is 0 Å². The smallest absolute Gasteiger partial charge is 0.336 e. The molecule has 0 bridgehead atoms. The lowest BCUT2D eigenvalue weighted by Crippen LogP contribution is -2.10. The fraction of sp³-hybridized carbons (Fsp3) is 0.143. The van der Waals surface area contributed by atoms with Crippen molar-refractivity contribution in [3.05, 3.63) is 26.9 Å². The number of rotatable bonds is 2. The summed E-state index contributed by atoms with van der Waals surface area (Å²) in [7, 11) is 0. The van der Waals surface area contributed by atoms with Gasteiger partial charge in [0.05, 0.1) is 5.56 Å². The average molecular weight is 201 g/mol. The van der Waals surface area contributed by atoms with Crippen LogP contribution in [0.3, 0.4) is 0 Å². The highest BCUT2D eigenvalue weighted by atomic mass is 35.5. The topological polar surface area (TPSA) is 53.5 Å². The summed E-state index contributed by atoms with van der Waals surface area (Å²) in [6, 6.07) is 1.60. The van der Waals surface area contributed by atoms with E-state index in [1.165, 1.54) is 18.3 Å². The van der Waals surface area contributed by atoms with Gasteiger partial charge in [-0.2, -0.15) is 4.79 Å². The summed E-state index contributed by atoms with van der Waals surface area (Å²) in [5.41, 5.74) is 8.75. The molecule has 12 heavy (non-hydrogen) atoms. The molecule has 0 fully saturated rings. The second kappa shape index (κ2) is 3.63. The molecule has 0 atom stereocenters. The van der Waals surface area contributed by atoms with Crippen LogP contribution in [-0.2, 0) is 0 Å². The highest BCUT2D eigenvalue weighted by Crippen LogP contribution is 2.22. The van der Waals surface area contributed by atoms with Crippen molar-refractivity contribution < 1.29 is 9.58 Å². The van der Waals surface area contributed by atoms with Crippen LogP contribution in [0.2, 0.25) is 4.34 Å². The predicted octanol–water partition coefficient (Wildman–Crippen LogP) is 2.27. The van der Waals surface area contributed by atoms with Crippen molar-refractivity contribution in [3.63, 3.8) is 0 Å². The van der Waals surface area contributed by atoms with Gasteiger partial charge in [-0.05, 0) is 11.4 Å². The molecule has 0 spiro atoms. The van der Waals surface area contributed by atoms with Crippen molar-refractivity contribution in [1.29, 1.82) is 0 Å². The van der Waals surface area contributed by atoms with Crippen molar-refractivity contribution in [2.24, 2.45) is 0 Å². The Morgan fingerprint density at radius 3 is 2.83 bits per heavy atom. The van der Waals surface area contributed by atoms with Gasteiger partial charge in [-0.25, -0.2) is 0 Å². The maximum Gasteiger partial charge on any atom is 0.336 e. The number of thiophene rings is 1. The van der Waals surface area contributed by atoms with Gasteiger partial charge in [0.1, 0.15) is 4.34 Å². The van der Waals surface area contributed by atoms with Crippen LogP contribution in [0, 0.1) is 0 Å². The first-order valence-electron chi connectivity index (χ1n) is 3.13. The number of carbonyl (C=O) groups excluding carboxylic acids is 1. The maximum atomic E-state index is 11.3. The first-order valence-corrected chi connectivity index (χ1v) is 4.39. The van der Waals surface area contributed by atoms with Crippen LogP contribution in [0.15, 0.2) is 11.4 Å². The van der Waals surface area contributed by atoms with Gasteiger partial charge in [0.25, 0.3) is 5.78 Å². The number of nitrogens with zero attached hydrogens (tertiary/aromatic N) is 2. The van der Waals surface area contributed by atoms with Crippen molar-refractivity contribution in [2.45, 2.75) is 6.92 Å². The van der Waals surface area contributed by atoms with Gasteiger partial charge in [-0.3, -0.25) is 4.79 Å². The molecule has 0 aliphatic heterocycles. The van der Waals surface area contributed by atoms with Crippen molar-refractivity contribution in [2.75, 3.05) is 0 Å². The van der Waals surface area contributed by atoms with E-state index in [2.05, 4.69) is 4.79 Å². The zero-order valence-corrected chi connectivity index (χ0v) is 7.82. The van der Waals surface area contributed by atoms with E-state index in [1.54, 1.807) is 11.4 Å². The van der Waals surface area contributed by atoms with E-state index >= 15 is 0 Å². The van der Waals surface area contributed by atoms with Gasteiger partial charge < -0.3 is 5.53 Å². The van der Waals surface area contributed by atoms with Crippen LogP contribution in [-0.4, -0.2) is 16.3 Å². The third-order valence-electron chi connectivity index (χ3n) is 1.34. The van der Waals surface area contributed by atoms with E-state index in [4.69, 9.17) is 17.1 Å². The van der Waals surface area contributed by atoms with Crippen LogP contribution >= 0.6 is 22.9 Å². The third kappa shape index (κ3) is 1.61. The number of halogens is 1. The highest BCUT2D eigenvalue weighted by Gasteiger charge is 2.19. The second-order valence-electron chi connectivity index (χ2n) is 2.12. The van der Waals surface area contributed by atoms with E-state index < -0.39 is 0 Å². The Morgan fingerprint density at radius 1 is 1.75 bits per heavy atom. The molecule has 0 saturated carbocycles. The minimum absolute atomic E-state index is 0.0373. The summed E-state index contributed by atoms with van der Waals surface area (Å²) in [5.74, 6) is -0.344. The van der Waals surface area contributed by atoms with Crippen LogP contribution < -0.4 is 0 Å². The lowest BCUT2D eigenvalue weighted by molar-refractivity contribution is -0.00677. The molecule has 1 aromatic rings. The zero-order valence-electron chi connectivity index (χ0n) is 6.24. The summed E-state index contributed by atoms with van der Waals surface area (Å²) in [5, 5.41) is 1.71. The van der Waals surface area contributed by atoms with E-state index in [9.17, 15) is 4.79 Å². The van der Waals surface area contributed by atoms with Gasteiger partial charge in [0, 0.05) is 6.92 Å². The minimum Gasteiger partial charge on any atom is -0.361 e. The zero-order chi connectivity index (χ0) is 9.14. The SMILES string of the molecule is CC(=[N+]=[N-])C(=O)c1ccsc1Cl. The average Bonchev–Trinajstić information content (AvgIpc) is 2.48. The van der Waals surface area contributed by atoms with Gasteiger partial charge >= 0.3 is 5.71 Å². The largest absolute Gasteiger partial charge is 0.361 e. The van der Waals surface area contributed by atoms with Crippen LogP contribution in [0.5, 0.6) is 0 Å². The Kier molecular flexibility index (Phi) is 2.76. The molecule has 62 valence electrons. The number of hydrogen-bond acceptors (Lipinski definition) is 2. The third-order valence-corrected chi connectivity index (χ3v) is 2.51. The summed E-state index contributed by atoms with van der Waals surface area (Å²) >= 11 is 6.97. The normalized spacial score (nSPS) is 9.17. The Labute approximate surface area is 78.2 Å². The first kappa shape index (κ1) is 9.13. The van der Waals surface area contributed by atoms with Crippen molar-refractivity contribution in [3.8, 4) is 0 Å². The van der Waals surface area contributed by atoms with Crippen LogP contribution in [0.1, 0.15) is 17.3 Å². The number of hydrogen-bond donors (Lipinski definition) is 0. The summed E-state index contributed by atoms with van der Waals surface area (Å²) in [6.07, 6.45) is 0. The molecule has 0 N–H and O–H groups in total. The lowest BCUT2D eigenvalue weighted by Gasteiger charge is -1.87. The molecule has 0 radical (unpaired) electrons. The first-order chi connectivity index (χ1) is 5.66. The molecule has 1 rings (SSSR count). The van der Waals surface area contributed by atoms with Gasteiger partial charge in [0.2, 0.25) is 0 Å². The molecular weight excluding hydrogens is 196 g/mol. The fourth-order valence-electron chi connectivity index (χ4n) is 0.696. The quantitative estimate of drug-likeness (QED) is 0.313. The molecule has 0 aromatic carbocycles. The molecule has 1 aromatic heterocycles. The number of carbonyl (C=O) groups is 1. The molecule has 0 saturated heterocycles. The van der Waals surface area contributed by atoms with E-state index in [0.29, 0.717) is 9.90 Å². The molecular formula is C7H5ClN2OS.